The van der Waals surface area contributed by atoms with E-state index in [-0.39, 0.29) is 0 Å². The van der Waals surface area contributed by atoms with Gasteiger partial charge in [0.2, 0.25) is 0 Å². The van der Waals surface area contributed by atoms with Crippen LogP contribution in [0.5, 0.6) is 0 Å². The fourth-order valence-corrected chi connectivity index (χ4v) is 2.86. The first-order valence-corrected chi connectivity index (χ1v) is 10.9. The SMILES string of the molecule is CC1CC[CH-]CC1.CC1CC[CH-]CC1.CCC(C)[N]=[Ta].C[N-]C. The molecular formula is C20H41N2Ta-3. The van der Waals surface area contributed by atoms with Crippen LogP contribution in [0, 0.1) is 24.7 Å². The van der Waals surface area contributed by atoms with Crippen molar-refractivity contribution in [2.24, 2.45) is 15.2 Å². The predicted octanol–water partition coefficient (Wildman–Crippen LogP) is 6.94. The molecular weight excluding hydrogens is 449 g/mol. The van der Waals surface area contributed by atoms with Crippen molar-refractivity contribution in [3.8, 4) is 0 Å². The molecule has 0 aromatic heterocycles. The Morgan fingerprint density at radius 1 is 0.957 bits per heavy atom. The van der Waals surface area contributed by atoms with E-state index < -0.39 is 0 Å². The van der Waals surface area contributed by atoms with Crippen molar-refractivity contribution in [1.29, 1.82) is 0 Å². The van der Waals surface area contributed by atoms with E-state index in [0.717, 1.165) is 11.8 Å². The summed E-state index contributed by atoms with van der Waals surface area (Å²) in [6.45, 7) is 8.97. The Morgan fingerprint density at radius 2 is 1.26 bits per heavy atom. The number of hydrogen-bond donors (Lipinski definition) is 0. The number of rotatable bonds is 2. The van der Waals surface area contributed by atoms with Gasteiger partial charge in [0.15, 0.2) is 0 Å². The standard InChI is InChI=1S/2C7H13.C4H9N.C2H6N.Ta/c2*1-7-5-3-2-4-6-7;1-3-4(2)5;1-3-2;/h2*2,7H,3-6H2,1H3;4H,3H2,1-2H3;1-2H3;/q2*-1;;-1;. The van der Waals surface area contributed by atoms with Gasteiger partial charge < -0.3 is 18.2 Å². The summed E-state index contributed by atoms with van der Waals surface area (Å²) in [5, 5.41) is 3.50. The quantitative estimate of drug-likeness (QED) is 0.375. The van der Waals surface area contributed by atoms with Crippen LogP contribution < -0.4 is 0 Å². The van der Waals surface area contributed by atoms with Crippen molar-refractivity contribution in [2.45, 2.75) is 91.5 Å². The summed E-state index contributed by atoms with van der Waals surface area (Å²) >= 11 is 1.18. The molecule has 0 spiro atoms. The Hall–Kier alpha value is 0.500. The van der Waals surface area contributed by atoms with Crippen molar-refractivity contribution in [1.82, 2.24) is 0 Å². The molecule has 1 unspecified atom stereocenters. The zero-order valence-electron chi connectivity index (χ0n) is 16.6. The van der Waals surface area contributed by atoms with E-state index >= 15 is 0 Å². The van der Waals surface area contributed by atoms with Gasteiger partial charge in [0, 0.05) is 0 Å². The average Bonchev–Trinajstić information content (AvgIpc) is 2.57. The molecule has 2 fully saturated rings. The first-order chi connectivity index (χ1) is 11.0. The second-order valence-corrected chi connectivity index (χ2v) is 7.75. The van der Waals surface area contributed by atoms with Gasteiger partial charge in [-0.15, -0.1) is 0 Å². The largest absolute Gasteiger partial charge is 0.668 e. The van der Waals surface area contributed by atoms with Crippen LogP contribution in [0.15, 0.2) is 3.34 Å². The van der Waals surface area contributed by atoms with E-state index in [1.54, 1.807) is 14.1 Å². The van der Waals surface area contributed by atoms with Crippen molar-refractivity contribution >= 4 is 0 Å². The van der Waals surface area contributed by atoms with E-state index in [9.17, 15) is 0 Å². The monoisotopic (exact) mass is 490 g/mol. The maximum atomic E-state index is 4.12. The van der Waals surface area contributed by atoms with Crippen molar-refractivity contribution < 1.29 is 20.9 Å². The van der Waals surface area contributed by atoms with Crippen LogP contribution in [0.25, 0.3) is 5.32 Å². The zero-order chi connectivity index (χ0) is 17.9. The Bertz CT molecular complexity index is 206. The van der Waals surface area contributed by atoms with Crippen LogP contribution >= 0.6 is 0 Å². The van der Waals surface area contributed by atoms with Gasteiger partial charge in [-0.3, -0.25) is 0 Å². The van der Waals surface area contributed by atoms with Gasteiger partial charge in [-0.25, -0.2) is 0 Å². The normalized spacial score (nSPS) is 19.7. The maximum Gasteiger partial charge on any atom is -0.162 e. The van der Waals surface area contributed by atoms with Gasteiger partial charge in [-0.05, 0) is 11.8 Å². The molecule has 23 heavy (non-hydrogen) atoms. The molecule has 0 heterocycles. The van der Waals surface area contributed by atoms with Gasteiger partial charge in [-0.1, -0.05) is 39.5 Å². The predicted molar refractivity (Wildman–Crippen MR) is 101 cm³/mol. The van der Waals surface area contributed by atoms with Crippen LogP contribution in [0.1, 0.15) is 85.5 Å². The molecule has 139 valence electrons. The zero-order valence-corrected chi connectivity index (χ0v) is 19.8. The molecule has 0 aromatic carbocycles. The van der Waals surface area contributed by atoms with Gasteiger partial charge in [-0.2, -0.15) is 39.8 Å². The van der Waals surface area contributed by atoms with E-state index in [1.165, 1.54) is 78.7 Å². The summed E-state index contributed by atoms with van der Waals surface area (Å²) < 4.78 is 4.12. The maximum absolute atomic E-state index is 4.12. The Labute approximate surface area is 159 Å². The third-order valence-corrected chi connectivity index (χ3v) is 5.66. The van der Waals surface area contributed by atoms with Crippen LogP contribution in [0.2, 0.25) is 0 Å². The van der Waals surface area contributed by atoms with Crippen molar-refractivity contribution in [3.05, 3.63) is 18.2 Å². The van der Waals surface area contributed by atoms with Crippen molar-refractivity contribution in [3.63, 3.8) is 0 Å². The summed E-state index contributed by atoms with van der Waals surface area (Å²) in [4.78, 5) is 0. The first kappa shape index (κ1) is 25.7. The summed E-state index contributed by atoms with van der Waals surface area (Å²) in [5.74, 6) is 2.01. The van der Waals surface area contributed by atoms with Gasteiger partial charge in [0.1, 0.15) is 0 Å². The molecule has 2 aliphatic rings. The van der Waals surface area contributed by atoms with E-state index in [1.807, 2.05) is 0 Å². The van der Waals surface area contributed by atoms with Gasteiger partial charge >= 0.3 is 50.5 Å². The van der Waals surface area contributed by atoms with E-state index in [0.29, 0.717) is 6.04 Å². The van der Waals surface area contributed by atoms with Crippen LogP contribution in [-0.4, -0.2) is 20.1 Å². The minimum atomic E-state index is 0.610. The third kappa shape index (κ3) is 22.5. The second-order valence-electron chi connectivity index (χ2n) is 6.92. The molecule has 0 saturated heterocycles. The summed E-state index contributed by atoms with van der Waals surface area (Å²) in [6.07, 6.45) is 17.2. The summed E-state index contributed by atoms with van der Waals surface area (Å²) in [5.41, 5.74) is 0. The van der Waals surface area contributed by atoms with E-state index in [4.69, 9.17) is 0 Å². The van der Waals surface area contributed by atoms with Gasteiger partial charge in [0.05, 0.1) is 0 Å². The second kappa shape index (κ2) is 20.5. The van der Waals surface area contributed by atoms with Crippen LogP contribution in [0.3, 0.4) is 0 Å². The molecule has 1 atom stereocenters. The number of hydrogen-bond acceptors (Lipinski definition) is 1. The smallest absolute Gasteiger partial charge is 0.162 e. The topological polar surface area (TPSA) is 26.5 Å². The minimum absolute atomic E-state index is 0.610. The van der Waals surface area contributed by atoms with E-state index in [2.05, 4.69) is 49.2 Å². The molecule has 2 nitrogen and oxygen atoms in total. The average molecular weight is 491 g/mol. The minimum Gasteiger partial charge on any atom is -0.668 e. The molecule has 0 radical (unpaired) electrons. The van der Waals surface area contributed by atoms with Crippen molar-refractivity contribution in [2.75, 3.05) is 14.1 Å². The Kier molecular flexibility index (Phi) is 23.0. The molecule has 0 aromatic rings. The molecule has 2 aliphatic carbocycles. The molecule has 0 N–H and O–H groups in total. The van der Waals surface area contributed by atoms with Gasteiger partial charge in [0.25, 0.3) is 0 Å². The molecule has 2 saturated carbocycles. The molecule has 0 amide bonds. The fourth-order valence-electron chi connectivity index (χ4n) is 2.27. The number of nitrogens with zero attached hydrogens (tertiary/aromatic N) is 2. The summed E-state index contributed by atoms with van der Waals surface area (Å²) in [7, 11) is 3.50. The van der Waals surface area contributed by atoms with Crippen LogP contribution in [0.4, 0.5) is 0 Å². The third-order valence-electron chi connectivity index (χ3n) is 4.24. The molecule has 0 bridgehead atoms. The van der Waals surface area contributed by atoms with Crippen LogP contribution in [-0.2, 0) is 20.9 Å². The molecule has 3 heteroatoms. The first-order valence-electron chi connectivity index (χ1n) is 9.47. The molecule has 2 rings (SSSR count). The fraction of sp³-hybridized carbons (Fsp3) is 0.900. The summed E-state index contributed by atoms with van der Waals surface area (Å²) in [6, 6.07) is 0.610. The molecule has 0 aliphatic heterocycles. The Morgan fingerprint density at radius 3 is 1.35 bits per heavy atom. The Balaban J connectivity index is 0.